The van der Waals surface area contributed by atoms with E-state index in [0.717, 1.165) is 15.6 Å². The van der Waals surface area contributed by atoms with Crippen molar-refractivity contribution in [3.8, 4) is 0 Å². The number of hydrogen-bond donors (Lipinski definition) is 1. The van der Waals surface area contributed by atoms with Crippen LogP contribution in [0.25, 0.3) is 11.6 Å². The second kappa shape index (κ2) is 5.77. The Morgan fingerprint density at radius 1 is 1.23 bits per heavy atom. The molecule has 0 saturated carbocycles. The molecule has 5 heteroatoms. The fourth-order valence-corrected chi connectivity index (χ4v) is 2.73. The zero-order valence-electron chi connectivity index (χ0n) is 11.7. The first-order valence-electron chi connectivity index (χ1n) is 6.60. The van der Waals surface area contributed by atoms with Crippen LogP contribution in [0.4, 0.5) is 5.69 Å². The van der Waals surface area contributed by atoms with Gasteiger partial charge in [0.15, 0.2) is 0 Å². The number of methoxy groups -OCH3 is 1. The molecular weight excluding hydrogens is 346 g/mol. The molecule has 110 valence electrons. The summed E-state index contributed by atoms with van der Waals surface area (Å²) in [5.41, 5.74) is 3.28. The lowest BCUT2D eigenvalue weighted by molar-refractivity contribution is -0.110. The molecule has 2 aromatic rings. The number of esters is 1. The quantitative estimate of drug-likeness (QED) is 0.658. The highest BCUT2D eigenvalue weighted by Crippen LogP contribution is 2.34. The Hall–Kier alpha value is -2.40. The standard InChI is InChI=1S/C17H12BrNO3/c1-22-17(21)11-6-7-12-13(16(20)19-15(12)9-11)8-10-4-2-3-5-14(10)18/h2-9H,1H3,(H,19,20)/b13-8-. The van der Waals surface area contributed by atoms with Crippen LogP contribution in [0.1, 0.15) is 21.5 Å². The highest BCUT2D eigenvalue weighted by Gasteiger charge is 2.25. The maximum atomic E-state index is 12.2. The largest absolute Gasteiger partial charge is 0.465 e. The van der Waals surface area contributed by atoms with Crippen molar-refractivity contribution in [1.82, 2.24) is 0 Å². The predicted molar refractivity (Wildman–Crippen MR) is 88.4 cm³/mol. The van der Waals surface area contributed by atoms with E-state index in [4.69, 9.17) is 0 Å². The number of carbonyl (C=O) groups is 2. The number of amides is 1. The van der Waals surface area contributed by atoms with E-state index in [1.807, 2.05) is 30.3 Å². The molecule has 1 heterocycles. The molecule has 0 saturated heterocycles. The third kappa shape index (κ3) is 2.55. The van der Waals surface area contributed by atoms with E-state index in [2.05, 4.69) is 26.0 Å². The van der Waals surface area contributed by atoms with Gasteiger partial charge in [-0.05, 0) is 29.8 Å². The third-order valence-corrected chi connectivity index (χ3v) is 4.15. The molecule has 1 N–H and O–H groups in total. The summed E-state index contributed by atoms with van der Waals surface area (Å²) in [6, 6.07) is 12.7. The van der Waals surface area contributed by atoms with Gasteiger partial charge in [-0.25, -0.2) is 4.79 Å². The topological polar surface area (TPSA) is 55.4 Å². The molecule has 4 nitrogen and oxygen atoms in total. The summed E-state index contributed by atoms with van der Waals surface area (Å²) in [6.07, 6.45) is 1.82. The maximum absolute atomic E-state index is 12.2. The van der Waals surface area contributed by atoms with Crippen molar-refractivity contribution < 1.29 is 14.3 Å². The van der Waals surface area contributed by atoms with Crippen molar-refractivity contribution in [2.45, 2.75) is 0 Å². The van der Waals surface area contributed by atoms with Gasteiger partial charge in [0, 0.05) is 21.3 Å². The summed E-state index contributed by atoms with van der Waals surface area (Å²) < 4.78 is 5.60. The van der Waals surface area contributed by atoms with Crippen molar-refractivity contribution in [3.63, 3.8) is 0 Å². The van der Waals surface area contributed by atoms with Crippen LogP contribution in [0.2, 0.25) is 0 Å². The van der Waals surface area contributed by atoms with Gasteiger partial charge < -0.3 is 10.1 Å². The molecule has 0 spiro atoms. The summed E-state index contributed by atoms with van der Waals surface area (Å²) in [4.78, 5) is 23.7. The molecule has 2 aromatic carbocycles. The second-order valence-electron chi connectivity index (χ2n) is 4.79. The van der Waals surface area contributed by atoms with E-state index in [-0.39, 0.29) is 5.91 Å². The monoisotopic (exact) mass is 357 g/mol. The predicted octanol–water partition coefficient (Wildman–Crippen LogP) is 3.73. The number of ether oxygens (including phenoxy) is 1. The smallest absolute Gasteiger partial charge is 0.337 e. The van der Waals surface area contributed by atoms with Crippen molar-refractivity contribution in [3.05, 3.63) is 63.6 Å². The van der Waals surface area contributed by atoms with Crippen LogP contribution >= 0.6 is 15.9 Å². The highest BCUT2D eigenvalue weighted by molar-refractivity contribution is 9.10. The average molecular weight is 358 g/mol. The average Bonchev–Trinajstić information content (AvgIpc) is 2.83. The van der Waals surface area contributed by atoms with Gasteiger partial charge in [0.05, 0.1) is 12.7 Å². The molecule has 1 aliphatic rings. The number of rotatable bonds is 2. The van der Waals surface area contributed by atoms with Gasteiger partial charge in [0.2, 0.25) is 0 Å². The molecule has 3 rings (SSSR count). The minimum Gasteiger partial charge on any atom is -0.465 e. The number of carbonyl (C=O) groups excluding carboxylic acids is 2. The molecule has 0 radical (unpaired) electrons. The van der Waals surface area contributed by atoms with Crippen LogP contribution in [-0.2, 0) is 9.53 Å². The van der Waals surface area contributed by atoms with Crippen molar-refractivity contribution >= 4 is 45.1 Å². The van der Waals surface area contributed by atoms with Crippen LogP contribution in [-0.4, -0.2) is 19.0 Å². The van der Waals surface area contributed by atoms with E-state index < -0.39 is 5.97 Å². The number of fused-ring (bicyclic) bond motifs is 1. The third-order valence-electron chi connectivity index (χ3n) is 3.43. The van der Waals surface area contributed by atoms with Gasteiger partial charge in [0.1, 0.15) is 0 Å². The fraction of sp³-hybridized carbons (Fsp3) is 0.0588. The Kier molecular flexibility index (Phi) is 3.81. The summed E-state index contributed by atoms with van der Waals surface area (Å²) in [6.45, 7) is 0. The first-order valence-corrected chi connectivity index (χ1v) is 7.40. The van der Waals surface area contributed by atoms with Crippen molar-refractivity contribution in [2.24, 2.45) is 0 Å². The van der Waals surface area contributed by atoms with Crippen LogP contribution in [0.3, 0.4) is 0 Å². The molecule has 1 aliphatic heterocycles. The first-order chi connectivity index (χ1) is 10.6. The Morgan fingerprint density at radius 3 is 2.73 bits per heavy atom. The van der Waals surface area contributed by atoms with E-state index in [1.165, 1.54) is 7.11 Å². The summed E-state index contributed by atoms with van der Waals surface area (Å²) in [7, 11) is 1.33. The number of halogens is 1. The Balaban J connectivity index is 2.06. The van der Waals surface area contributed by atoms with Gasteiger partial charge in [-0.15, -0.1) is 0 Å². The van der Waals surface area contributed by atoms with E-state index in [9.17, 15) is 9.59 Å². The maximum Gasteiger partial charge on any atom is 0.337 e. The van der Waals surface area contributed by atoms with Crippen molar-refractivity contribution in [1.29, 1.82) is 0 Å². The van der Waals surface area contributed by atoms with Gasteiger partial charge >= 0.3 is 5.97 Å². The number of hydrogen-bond acceptors (Lipinski definition) is 3. The fourth-order valence-electron chi connectivity index (χ4n) is 2.33. The zero-order valence-corrected chi connectivity index (χ0v) is 13.3. The molecule has 0 atom stereocenters. The van der Waals surface area contributed by atoms with Crippen LogP contribution in [0.5, 0.6) is 0 Å². The molecule has 0 unspecified atom stereocenters. The molecular formula is C17H12BrNO3. The summed E-state index contributed by atoms with van der Waals surface area (Å²) >= 11 is 3.47. The van der Waals surface area contributed by atoms with Gasteiger partial charge in [-0.2, -0.15) is 0 Å². The van der Waals surface area contributed by atoms with Gasteiger partial charge in [-0.1, -0.05) is 40.2 Å². The number of benzene rings is 2. The molecule has 1 amide bonds. The number of anilines is 1. The van der Waals surface area contributed by atoms with Crippen LogP contribution in [0.15, 0.2) is 46.9 Å². The summed E-state index contributed by atoms with van der Waals surface area (Å²) in [5, 5.41) is 2.78. The normalized spacial score (nSPS) is 14.6. The van der Waals surface area contributed by atoms with Crippen LogP contribution < -0.4 is 5.32 Å². The van der Waals surface area contributed by atoms with Gasteiger partial charge in [-0.3, -0.25) is 4.79 Å². The lowest BCUT2D eigenvalue weighted by atomic mass is 10.0. The van der Waals surface area contributed by atoms with E-state index in [1.54, 1.807) is 18.2 Å². The van der Waals surface area contributed by atoms with Gasteiger partial charge in [0.25, 0.3) is 5.91 Å². The molecule has 0 aromatic heterocycles. The lowest BCUT2D eigenvalue weighted by Gasteiger charge is -2.03. The number of nitrogens with one attached hydrogen (secondary N) is 1. The Bertz CT molecular complexity index is 811. The van der Waals surface area contributed by atoms with E-state index in [0.29, 0.717) is 16.8 Å². The van der Waals surface area contributed by atoms with E-state index >= 15 is 0 Å². The minimum absolute atomic E-state index is 0.187. The van der Waals surface area contributed by atoms with Crippen molar-refractivity contribution in [2.75, 3.05) is 12.4 Å². The first kappa shape index (κ1) is 14.5. The zero-order chi connectivity index (χ0) is 15.7. The highest BCUT2D eigenvalue weighted by atomic mass is 79.9. The molecule has 0 fully saturated rings. The molecule has 0 bridgehead atoms. The second-order valence-corrected chi connectivity index (χ2v) is 5.64. The molecule has 22 heavy (non-hydrogen) atoms. The Labute approximate surface area is 135 Å². The molecule has 0 aliphatic carbocycles. The minimum atomic E-state index is -0.430. The summed E-state index contributed by atoms with van der Waals surface area (Å²) in [5.74, 6) is -0.618. The SMILES string of the molecule is COC(=O)c1ccc2c(c1)NC(=O)/C2=C\c1ccccc1Br. The lowest BCUT2D eigenvalue weighted by Crippen LogP contribution is -2.04. The Morgan fingerprint density at radius 2 is 2.00 bits per heavy atom. The van der Waals surface area contributed by atoms with Crippen LogP contribution in [0, 0.1) is 0 Å².